The monoisotopic (exact) mass is 500 g/mol. The molecule has 7 heavy (non-hydrogen) atoms. The Bertz CT molecular complexity index is 85.4. The fourth-order valence-electron chi connectivity index (χ4n) is 0. The molecule has 0 aliphatic carbocycles. The minimum absolute atomic E-state index is 0.0156. The van der Waals surface area contributed by atoms with E-state index < -0.39 is 0 Å². The van der Waals surface area contributed by atoms with Gasteiger partial charge in [0.05, 0.1) is 0 Å². The molecule has 0 saturated heterocycles. The fourth-order valence-corrected chi connectivity index (χ4v) is 0. The second kappa shape index (κ2) is 3.49. The molecule has 0 aromatic rings. The van der Waals surface area contributed by atoms with Crippen molar-refractivity contribution >= 4 is 88.4 Å². The summed E-state index contributed by atoms with van der Waals surface area (Å²) in [6.45, 7) is 0. The summed E-state index contributed by atoms with van der Waals surface area (Å²) in [5.41, 5.74) is 0. The number of halogens is 4. The zero-order valence-corrected chi connectivity index (χ0v) is 11.0. The molecule has 0 heterocycles. The average molecular weight is 501 g/mol. The second-order valence-corrected chi connectivity index (χ2v) is 12.5. The summed E-state index contributed by atoms with van der Waals surface area (Å²) in [6, 6.07) is 0. The molecule has 0 aromatic heterocycles. The van der Waals surface area contributed by atoms with Gasteiger partial charge in [-0.25, -0.2) is 0 Å². The molecule has 0 fully saturated rings. The summed E-state index contributed by atoms with van der Waals surface area (Å²) in [6.07, 6.45) is 0. The maximum Gasteiger partial charge on any atom is 0.233 e. The molecule has 0 radical (unpaired) electrons. The standard InChI is InChI=1S/C2BrI3O/c3-1(7)2(4,5)6. The first kappa shape index (κ1) is 9.34. The van der Waals surface area contributed by atoms with Crippen molar-refractivity contribution in [2.45, 2.75) is -0.565 Å². The topological polar surface area (TPSA) is 17.1 Å². The summed E-state index contributed by atoms with van der Waals surface area (Å²) < 4.78 is -0.297. The van der Waals surface area contributed by atoms with Crippen molar-refractivity contribution in [2.24, 2.45) is 0 Å². The van der Waals surface area contributed by atoms with Crippen molar-refractivity contribution < 1.29 is 4.79 Å². The van der Waals surface area contributed by atoms with Crippen LogP contribution in [0.2, 0.25) is 0 Å². The molecule has 0 aliphatic rings. The maximum absolute atomic E-state index is 10.4. The Morgan fingerprint density at radius 3 is 1.57 bits per heavy atom. The van der Waals surface area contributed by atoms with Gasteiger partial charge in [-0.15, -0.1) is 0 Å². The third-order valence-electron chi connectivity index (χ3n) is 0.223. The Morgan fingerprint density at radius 2 is 1.57 bits per heavy atom. The van der Waals surface area contributed by atoms with E-state index in [4.69, 9.17) is 0 Å². The summed E-state index contributed by atoms with van der Waals surface area (Å²) >= 11 is 8.96. The first-order valence-electron chi connectivity index (χ1n) is 1.21. The molecule has 0 saturated carbocycles. The highest BCUT2D eigenvalue weighted by Gasteiger charge is 2.24. The normalized spacial score (nSPS) is 11.4. The number of hydrogen-bond donors (Lipinski definition) is 0. The van der Waals surface area contributed by atoms with Gasteiger partial charge >= 0.3 is 0 Å². The first-order valence-corrected chi connectivity index (χ1v) is 5.24. The molecule has 0 unspecified atom stereocenters. The number of carbonyl (C=O) groups excluding carboxylic acids is 1. The minimum atomic E-state index is -0.312. The highest BCUT2D eigenvalue weighted by atomic mass is 127. The predicted molar refractivity (Wildman–Crippen MR) is 58.7 cm³/mol. The predicted octanol–water partition coefficient (Wildman–Crippen LogP) is 2.87. The number of carbonyl (C=O) groups is 1. The fraction of sp³-hybridized carbons (Fsp3) is 0.500. The van der Waals surface area contributed by atoms with Gasteiger partial charge in [0, 0.05) is 0 Å². The van der Waals surface area contributed by atoms with Crippen molar-refractivity contribution in [3.8, 4) is 0 Å². The Labute approximate surface area is 90.9 Å². The SMILES string of the molecule is O=C(Br)C(I)(I)I. The Balaban J connectivity index is 3.79. The third-order valence-corrected chi connectivity index (χ3v) is 4.51. The van der Waals surface area contributed by atoms with Crippen molar-refractivity contribution in [1.29, 1.82) is 0 Å². The lowest BCUT2D eigenvalue weighted by Gasteiger charge is -2.01. The lowest BCUT2D eigenvalue weighted by molar-refractivity contribution is -0.108. The minimum Gasteiger partial charge on any atom is -0.283 e. The Morgan fingerprint density at radius 1 is 1.43 bits per heavy atom. The zero-order chi connectivity index (χ0) is 6.08. The van der Waals surface area contributed by atoms with E-state index in [2.05, 4.69) is 15.9 Å². The van der Waals surface area contributed by atoms with Crippen LogP contribution in [0.5, 0.6) is 0 Å². The van der Waals surface area contributed by atoms with E-state index in [-0.39, 0.29) is 4.13 Å². The second-order valence-electron chi connectivity index (χ2n) is 0.771. The van der Waals surface area contributed by atoms with Crippen LogP contribution in [0.4, 0.5) is 0 Å². The molecule has 0 N–H and O–H groups in total. The molecular weight excluding hydrogens is 501 g/mol. The Hall–Kier alpha value is 2.34. The molecule has 0 aromatic carbocycles. The molecule has 0 aliphatic heterocycles. The van der Waals surface area contributed by atoms with Gasteiger partial charge in [-0.1, -0.05) is 0 Å². The van der Waals surface area contributed by atoms with Crippen LogP contribution in [-0.4, -0.2) is 4.13 Å². The summed E-state index contributed by atoms with van der Waals surface area (Å²) in [7, 11) is 0. The van der Waals surface area contributed by atoms with Crippen molar-refractivity contribution in [2.75, 3.05) is 0 Å². The van der Waals surface area contributed by atoms with Crippen LogP contribution in [0.1, 0.15) is 0 Å². The van der Waals surface area contributed by atoms with Crippen molar-refractivity contribution in [3.05, 3.63) is 0 Å². The van der Waals surface area contributed by atoms with Crippen LogP contribution in [-0.2, 0) is 4.79 Å². The molecule has 1 nitrogen and oxygen atoms in total. The number of alkyl halides is 3. The van der Waals surface area contributed by atoms with Crippen LogP contribution in [0.25, 0.3) is 0 Å². The van der Waals surface area contributed by atoms with Gasteiger partial charge in [0.25, 0.3) is 0 Å². The molecule has 0 amide bonds. The molecule has 42 valence electrons. The lowest BCUT2D eigenvalue weighted by atomic mass is 10.9. The van der Waals surface area contributed by atoms with E-state index in [9.17, 15) is 4.79 Å². The zero-order valence-electron chi connectivity index (χ0n) is 2.92. The number of rotatable bonds is 1. The van der Waals surface area contributed by atoms with Gasteiger partial charge in [0.1, 0.15) is 0 Å². The average Bonchev–Trinajstić information content (AvgIpc) is 1.31. The highest BCUT2D eigenvalue weighted by molar-refractivity contribution is 14.3. The van der Waals surface area contributed by atoms with Gasteiger partial charge in [-0.2, -0.15) is 0 Å². The molecule has 0 atom stereocenters. The van der Waals surface area contributed by atoms with E-state index in [1.54, 1.807) is 0 Å². The van der Waals surface area contributed by atoms with Gasteiger partial charge in [0.15, 0.2) is -0.565 Å². The lowest BCUT2D eigenvalue weighted by Crippen LogP contribution is -2.07. The van der Waals surface area contributed by atoms with E-state index in [0.717, 1.165) is 0 Å². The highest BCUT2D eigenvalue weighted by Crippen LogP contribution is 2.37. The van der Waals surface area contributed by atoms with E-state index in [0.29, 0.717) is 0 Å². The van der Waals surface area contributed by atoms with E-state index in [1.165, 1.54) is 0 Å². The maximum atomic E-state index is 10.4. The van der Waals surface area contributed by atoms with Crippen LogP contribution >= 0.6 is 83.7 Å². The van der Waals surface area contributed by atoms with Crippen LogP contribution in [0, 0.1) is 0 Å². The van der Waals surface area contributed by atoms with Crippen LogP contribution in [0.15, 0.2) is 0 Å². The molecule has 0 bridgehead atoms. The molecule has 0 spiro atoms. The third kappa shape index (κ3) is 4.82. The largest absolute Gasteiger partial charge is 0.283 e. The van der Waals surface area contributed by atoms with Gasteiger partial charge in [-0.3, -0.25) is 4.79 Å². The molecular formula is C2BrI3O. The van der Waals surface area contributed by atoms with Gasteiger partial charge in [0.2, 0.25) is 4.69 Å². The first-order chi connectivity index (χ1) is 2.94. The number of hydrogen-bond acceptors (Lipinski definition) is 1. The molecule has 0 rings (SSSR count). The van der Waals surface area contributed by atoms with Gasteiger partial charge < -0.3 is 0 Å². The quantitative estimate of drug-likeness (QED) is 0.308. The summed E-state index contributed by atoms with van der Waals surface area (Å²) in [5, 5.41) is 0. The smallest absolute Gasteiger partial charge is 0.233 e. The summed E-state index contributed by atoms with van der Waals surface area (Å²) in [4.78, 5) is 10.4. The van der Waals surface area contributed by atoms with Crippen molar-refractivity contribution in [3.63, 3.8) is 0 Å². The van der Waals surface area contributed by atoms with E-state index in [1.807, 2.05) is 67.8 Å². The van der Waals surface area contributed by atoms with Gasteiger partial charge in [-0.05, 0) is 83.7 Å². The Kier molecular flexibility index (Phi) is 4.66. The van der Waals surface area contributed by atoms with E-state index >= 15 is 0 Å². The van der Waals surface area contributed by atoms with Crippen molar-refractivity contribution in [1.82, 2.24) is 0 Å². The van der Waals surface area contributed by atoms with Crippen LogP contribution < -0.4 is 0 Å². The van der Waals surface area contributed by atoms with Crippen LogP contribution in [0.3, 0.4) is 0 Å². The molecule has 5 heteroatoms. The summed E-state index contributed by atoms with van der Waals surface area (Å²) in [5.74, 6) is 0.